The molecule has 2 aromatic rings. The molecule has 1 aliphatic carbocycles. The summed E-state index contributed by atoms with van der Waals surface area (Å²) in [5.74, 6) is 0.0404. The third kappa shape index (κ3) is 5.23. The lowest BCUT2D eigenvalue weighted by molar-refractivity contribution is 0.0703. The number of nitrogens with zero attached hydrogens (tertiary/aromatic N) is 1. The maximum Gasteiger partial charge on any atom is 0.315 e. The minimum Gasteiger partial charge on any atom is -0.351 e. The number of fused-ring (bicyclic) bond motifs is 1. The van der Waals surface area contributed by atoms with Crippen LogP contribution in [0.15, 0.2) is 24.3 Å². The lowest BCUT2D eigenvalue weighted by Gasteiger charge is -2.32. The van der Waals surface area contributed by atoms with Gasteiger partial charge in [-0.3, -0.25) is 4.79 Å². The zero-order valence-corrected chi connectivity index (χ0v) is 19.1. The van der Waals surface area contributed by atoms with Gasteiger partial charge in [-0.25, -0.2) is 4.79 Å². The van der Waals surface area contributed by atoms with E-state index in [2.05, 4.69) is 54.6 Å². The number of rotatable bonds is 3. The van der Waals surface area contributed by atoms with Gasteiger partial charge in [-0.15, -0.1) is 0 Å². The highest BCUT2D eigenvalue weighted by Gasteiger charge is 2.26. The maximum atomic E-state index is 13.0. The molecule has 1 saturated carbocycles. The molecular formula is C25H36N4O2. The van der Waals surface area contributed by atoms with Crippen molar-refractivity contribution in [2.45, 2.75) is 83.2 Å². The summed E-state index contributed by atoms with van der Waals surface area (Å²) in [6.45, 7) is 7.90. The van der Waals surface area contributed by atoms with Crippen LogP contribution in [0.4, 0.5) is 4.79 Å². The van der Waals surface area contributed by atoms with Crippen molar-refractivity contribution in [2.75, 3.05) is 13.1 Å². The van der Waals surface area contributed by atoms with Crippen LogP contribution in [0.2, 0.25) is 0 Å². The Kier molecular flexibility index (Phi) is 6.26. The van der Waals surface area contributed by atoms with Gasteiger partial charge in [0.2, 0.25) is 0 Å². The zero-order valence-electron chi connectivity index (χ0n) is 19.1. The van der Waals surface area contributed by atoms with Crippen LogP contribution in [0.25, 0.3) is 10.9 Å². The molecule has 1 saturated heterocycles. The van der Waals surface area contributed by atoms with E-state index >= 15 is 0 Å². The van der Waals surface area contributed by atoms with Gasteiger partial charge in [-0.2, -0.15) is 0 Å². The highest BCUT2D eigenvalue weighted by molar-refractivity contribution is 5.98. The number of hydrogen-bond acceptors (Lipinski definition) is 2. The number of urea groups is 1. The summed E-state index contributed by atoms with van der Waals surface area (Å²) in [7, 11) is 0. The largest absolute Gasteiger partial charge is 0.351 e. The third-order valence-corrected chi connectivity index (χ3v) is 6.78. The van der Waals surface area contributed by atoms with Crippen LogP contribution in [-0.2, 0) is 5.41 Å². The summed E-state index contributed by atoms with van der Waals surface area (Å²) in [6.07, 6.45) is 7.44. The van der Waals surface area contributed by atoms with Crippen LogP contribution in [-0.4, -0.2) is 47.0 Å². The number of piperidine rings is 1. The lowest BCUT2D eigenvalue weighted by Crippen LogP contribution is -2.51. The number of aromatic nitrogens is 1. The molecule has 0 unspecified atom stereocenters. The smallest absolute Gasteiger partial charge is 0.315 e. The van der Waals surface area contributed by atoms with Gasteiger partial charge >= 0.3 is 6.03 Å². The monoisotopic (exact) mass is 424 g/mol. The predicted molar refractivity (Wildman–Crippen MR) is 124 cm³/mol. The number of aromatic amines is 1. The number of nitrogens with one attached hydrogen (secondary N) is 3. The average Bonchev–Trinajstić information content (AvgIpc) is 3.17. The summed E-state index contributed by atoms with van der Waals surface area (Å²) in [5, 5.41) is 7.29. The van der Waals surface area contributed by atoms with Crippen molar-refractivity contribution in [3.63, 3.8) is 0 Å². The fourth-order valence-electron chi connectivity index (χ4n) is 4.77. The number of H-pyrrole nitrogens is 1. The Morgan fingerprint density at radius 3 is 2.23 bits per heavy atom. The molecule has 1 aromatic heterocycles. The van der Waals surface area contributed by atoms with E-state index in [4.69, 9.17) is 0 Å². The summed E-state index contributed by atoms with van der Waals surface area (Å²) in [5.41, 5.74) is 2.97. The van der Waals surface area contributed by atoms with Crippen molar-refractivity contribution in [2.24, 2.45) is 0 Å². The second kappa shape index (κ2) is 8.93. The van der Waals surface area contributed by atoms with Crippen molar-refractivity contribution in [1.29, 1.82) is 0 Å². The third-order valence-electron chi connectivity index (χ3n) is 6.78. The molecule has 2 aliphatic rings. The first kappa shape index (κ1) is 21.7. The molecule has 6 nitrogen and oxygen atoms in total. The summed E-state index contributed by atoms with van der Waals surface area (Å²) >= 11 is 0. The average molecular weight is 425 g/mol. The Hall–Kier alpha value is -2.50. The first-order valence-electron chi connectivity index (χ1n) is 11.8. The van der Waals surface area contributed by atoms with E-state index in [1.165, 1.54) is 24.8 Å². The van der Waals surface area contributed by atoms with E-state index in [0.717, 1.165) is 36.6 Å². The van der Waals surface area contributed by atoms with E-state index in [-0.39, 0.29) is 23.4 Å². The highest BCUT2D eigenvalue weighted by atomic mass is 16.2. The van der Waals surface area contributed by atoms with E-state index in [0.29, 0.717) is 24.8 Å². The number of amides is 3. The Balaban J connectivity index is 1.31. The van der Waals surface area contributed by atoms with Gasteiger partial charge in [0.15, 0.2) is 0 Å². The highest BCUT2D eigenvalue weighted by Crippen LogP contribution is 2.27. The normalized spacial score (nSPS) is 18.9. The molecule has 2 fully saturated rings. The van der Waals surface area contributed by atoms with E-state index in [1.807, 2.05) is 11.0 Å². The molecule has 0 bridgehead atoms. The van der Waals surface area contributed by atoms with Gasteiger partial charge in [0.1, 0.15) is 5.69 Å². The molecule has 0 radical (unpaired) electrons. The minimum atomic E-state index is -0.0538. The lowest BCUT2D eigenvalue weighted by atomic mass is 9.87. The van der Waals surface area contributed by atoms with Gasteiger partial charge < -0.3 is 20.5 Å². The van der Waals surface area contributed by atoms with E-state index in [1.54, 1.807) is 0 Å². The summed E-state index contributed by atoms with van der Waals surface area (Å²) in [4.78, 5) is 30.6. The molecule has 3 amide bonds. The molecule has 1 aliphatic heterocycles. The van der Waals surface area contributed by atoms with Gasteiger partial charge in [0, 0.05) is 36.1 Å². The van der Waals surface area contributed by atoms with Crippen LogP contribution >= 0.6 is 0 Å². The molecule has 1 aromatic carbocycles. The second-order valence-corrected chi connectivity index (χ2v) is 10.3. The topological polar surface area (TPSA) is 77.2 Å². The SMILES string of the molecule is CC(C)(C)c1ccc2cc(C(=O)N3CCC(NC(=O)NC4CCCCC4)CC3)[nH]c2c1. The molecule has 0 spiro atoms. The molecule has 0 atom stereocenters. The standard InChI is InChI=1S/C25H36N4O2/c1-25(2,3)18-10-9-17-15-22(28-21(17)16-18)23(30)29-13-11-20(12-14-29)27-24(31)26-19-7-5-4-6-8-19/h9-10,15-16,19-20,28H,4-8,11-14H2,1-3H3,(H2,26,27,31). The van der Waals surface area contributed by atoms with Gasteiger partial charge in [-0.1, -0.05) is 52.2 Å². The molecular weight excluding hydrogens is 388 g/mol. The Bertz CT molecular complexity index is 929. The van der Waals surface area contributed by atoms with Crippen molar-refractivity contribution in [3.8, 4) is 0 Å². The number of likely N-dealkylation sites (tertiary alicyclic amines) is 1. The predicted octanol–water partition coefficient (Wildman–Crippen LogP) is 4.70. The Morgan fingerprint density at radius 1 is 0.935 bits per heavy atom. The molecule has 3 N–H and O–H groups in total. The van der Waals surface area contributed by atoms with Gasteiger partial charge in [-0.05, 0) is 48.8 Å². The number of benzene rings is 1. The Morgan fingerprint density at radius 2 is 1.58 bits per heavy atom. The molecule has 2 heterocycles. The van der Waals surface area contributed by atoms with Crippen LogP contribution in [0, 0.1) is 0 Å². The fourth-order valence-corrected chi connectivity index (χ4v) is 4.77. The fraction of sp³-hybridized carbons (Fsp3) is 0.600. The van der Waals surface area contributed by atoms with Crippen molar-refractivity contribution >= 4 is 22.8 Å². The van der Waals surface area contributed by atoms with Crippen molar-refractivity contribution < 1.29 is 9.59 Å². The number of carbonyl (C=O) groups excluding carboxylic acids is 2. The number of carbonyl (C=O) groups is 2. The van der Waals surface area contributed by atoms with Crippen LogP contribution in [0.5, 0.6) is 0 Å². The zero-order chi connectivity index (χ0) is 22.0. The molecule has 168 valence electrons. The molecule has 31 heavy (non-hydrogen) atoms. The van der Waals surface area contributed by atoms with Crippen molar-refractivity contribution in [1.82, 2.24) is 20.5 Å². The number of hydrogen-bond donors (Lipinski definition) is 3. The minimum absolute atomic E-state index is 0.0404. The Labute approximate surface area is 185 Å². The summed E-state index contributed by atoms with van der Waals surface area (Å²) < 4.78 is 0. The van der Waals surface area contributed by atoms with Gasteiger partial charge in [0.25, 0.3) is 5.91 Å². The van der Waals surface area contributed by atoms with Crippen LogP contribution in [0.3, 0.4) is 0 Å². The first-order valence-corrected chi connectivity index (χ1v) is 11.8. The molecule has 4 rings (SSSR count). The van der Waals surface area contributed by atoms with Crippen LogP contribution in [0.1, 0.15) is 81.8 Å². The second-order valence-electron chi connectivity index (χ2n) is 10.3. The van der Waals surface area contributed by atoms with E-state index in [9.17, 15) is 9.59 Å². The van der Waals surface area contributed by atoms with Crippen LogP contribution < -0.4 is 10.6 Å². The first-order chi connectivity index (χ1) is 14.8. The van der Waals surface area contributed by atoms with Gasteiger partial charge in [0.05, 0.1) is 0 Å². The quantitative estimate of drug-likeness (QED) is 0.668. The maximum absolute atomic E-state index is 13.0. The molecule has 6 heteroatoms. The van der Waals surface area contributed by atoms with E-state index < -0.39 is 0 Å². The summed E-state index contributed by atoms with van der Waals surface area (Å²) in [6, 6.07) is 8.71. The van der Waals surface area contributed by atoms with Crippen molar-refractivity contribution in [3.05, 3.63) is 35.5 Å².